The molecule has 0 bridgehead atoms. The Hall–Kier alpha value is -1.40. The molecule has 0 saturated carbocycles. The predicted octanol–water partition coefficient (Wildman–Crippen LogP) is 2.99. The monoisotopic (exact) mass is 325 g/mol. The fourth-order valence-electron chi connectivity index (χ4n) is 1.64. The fraction of sp³-hybridized carbons (Fsp3) is 0.385. The summed E-state index contributed by atoms with van der Waals surface area (Å²) in [5, 5.41) is 3.84. The molecule has 2 aromatic rings. The van der Waals surface area contributed by atoms with E-state index in [9.17, 15) is 0 Å². The molecule has 5 nitrogen and oxygen atoms in total. The van der Waals surface area contributed by atoms with Crippen molar-refractivity contribution in [3.8, 4) is 5.75 Å². The van der Waals surface area contributed by atoms with Crippen LogP contribution in [0.3, 0.4) is 0 Å². The van der Waals surface area contributed by atoms with Crippen LogP contribution in [-0.2, 0) is 13.0 Å². The first-order valence-corrected chi connectivity index (χ1v) is 6.88. The van der Waals surface area contributed by atoms with E-state index in [1.807, 2.05) is 32.0 Å². The molecule has 1 atom stereocenters. The summed E-state index contributed by atoms with van der Waals surface area (Å²) < 4.78 is 11.7. The van der Waals surface area contributed by atoms with Gasteiger partial charge in [0.1, 0.15) is 5.75 Å². The standard InChI is InChI=1S/C13H16BrN3O2/c1-3-13-16-12(17-19-13)7-18-11-6-9(14)4-5-10(11)8(2)15/h4-6,8H,3,7,15H2,1-2H3. The van der Waals surface area contributed by atoms with Gasteiger partial charge >= 0.3 is 0 Å². The summed E-state index contributed by atoms with van der Waals surface area (Å²) in [7, 11) is 0. The van der Waals surface area contributed by atoms with Gasteiger partial charge in [-0.2, -0.15) is 4.98 Å². The molecule has 19 heavy (non-hydrogen) atoms. The van der Waals surface area contributed by atoms with E-state index in [2.05, 4.69) is 26.1 Å². The number of hydrogen-bond donors (Lipinski definition) is 1. The van der Waals surface area contributed by atoms with E-state index in [0.717, 1.165) is 22.2 Å². The zero-order chi connectivity index (χ0) is 13.8. The minimum Gasteiger partial charge on any atom is -0.485 e. The summed E-state index contributed by atoms with van der Waals surface area (Å²) in [6.45, 7) is 4.14. The number of hydrogen-bond acceptors (Lipinski definition) is 5. The maximum Gasteiger partial charge on any atom is 0.226 e. The highest BCUT2D eigenvalue weighted by atomic mass is 79.9. The molecular weight excluding hydrogens is 310 g/mol. The Morgan fingerprint density at radius 3 is 2.89 bits per heavy atom. The Bertz CT molecular complexity index is 555. The van der Waals surface area contributed by atoms with Gasteiger partial charge in [-0.05, 0) is 19.1 Å². The van der Waals surface area contributed by atoms with Crippen molar-refractivity contribution in [1.82, 2.24) is 10.1 Å². The van der Waals surface area contributed by atoms with Crippen molar-refractivity contribution in [3.63, 3.8) is 0 Å². The van der Waals surface area contributed by atoms with Crippen LogP contribution in [-0.4, -0.2) is 10.1 Å². The van der Waals surface area contributed by atoms with Gasteiger partial charge in [-0.1, -0.05) is 34.1 Å². The van der Waals surface area contributed by atoms with Gasteiger partial charge in [-0.25, -0.2) is 0 Å². The number of halogens is 1. The Morgan fingerprint density at radius 1 is 1.47 bits per heavy atom. The van der Waals surface area contributed by atoms with Crippen LogP contribution in [0, 0.1) is 0 Å². The van der Waals surface area contributed by atoms with Crippen molar-refractivity contribution >= 4 is 15.9 Å². The molecule has 0 fully saturated rings. The normalized spacial score (nSPS) is 12.4. The zero-order valence-corrected chi connectivity index (χ0v) is 12.5. The van der Waals surface area contributed by atoms with E-state index in [1.165, 1.54) is 0 Å². The van der Waals surface area contributed by atoms with Crippen LogP contribution in [0.2, 0.25) is 0 Å². The van der Waals surface area contributed by atoms with E-state index in [-0.39, 0.29) is 12.6 Å². The van der Waals surface area contributed by atoms with E-state index < -0.39 is 0 Å². The van der Waals surface area contributed by atoms with E-state index in [1.54, 1.807) is 0 Å². The van der Waals surface area contributed by atoms with Crippen LogP contribution in [0.25, 0.3) is 0 Å². The lowest BCUT2D eigenvalue weighted by Crippen LogP contribution is -2.08. The second-order valence-corrected chi connectivity index (χ2v) is 5.13. The maximum atomic E-state index is 5.91. The predicted molar refractivity (Wildman–Crippen MR) is 74.8 cm³/mol. The van der Waals surface area contributed by atoms with Gasteiger partial charge < -0.3 is 15.0 Å². The maximum absolute atomic E-state index is 5.91. The topological polar surface area (TPSA) is 74.2 Å². The van der Waals surface area contributed by atoms with Crippen molar-refractivity contribution < 1.29 is 9.26 Å². The van der Waals surface area contributed by atoms with Crippen LogP contribution in [0.5, 0.6) is 5.75 Å². The quantitative estimate of drug-likeness (QED) is 0.914. The molecule has 102 valence electrons. The van der Waals surface area contributed by atoms with Crippen LogP contribution >= 0.6 is 15.9 Å². The number of ether oxygens (including phenoxy) is 1. The van der Waals surface area contributed by atoms with Crippen molar-refractivity contribution in [3.05, 3.63) is 40.0 Å². The molecule has 1 heterocycles. The second kappa shape index (κ2) is 6.16. The summed E-state index contributed by atoms with van der Waals surface area (Å²) in [6, 6.07) is 5.67. The smallest absolute Gasteiger partial charge is 0.226 e. The average molecular weight is 326 g/mol. The second-order valence-electron chi connectivity index (χ2n) is 4.22. The first-order valence-electron chi connectivity index (χ1n) is 6.09. The van der Waals surface area contributed by atoms with Gasteiger partial charge in [0.2, 0.25) is 11.7 Å². The Balaban J connectivity index is 2.12. The van der Waals surface area contributed by atoms with Gasteiger partial charge in [0.25, 0.3) is 0 Å². The minimum absolute atomic E-state index is 0.0976. The number of nitrogens with zero attached hydrogens (tertiary/aromatic N) is 2. The number of benzene rings is 1. The zero-order valence-electron chi connectivity index (χ0n) is 10.9. The molecule has 0 aliphatic heterocycles. The van der Waals surface area contributed by atoms with Gasteiger partial charge in [0.15, 0.2) is 6.61 Å². The summed E-state index contributed by atoms with van der Waals surface area (Å²) >= 11 is 3.42. The van der Waals surface area contributed by atoms with E-state index >= 15 is 0 Å². The highest BCUT2D eigenvalue weighted by Gasteiger charge is 2.11. The van der Waals surface area contributed by atoms with Crippen molar-refractivity contribution in [2.24, 2.45) is 5.73 Å². The molecule has 2 rings (SSSR count). The first-order chi connectivity index (χ1) is 9.10. The van der Waals surface area contributed by atoms with Crippen molar-refractivity contribution in [1.29, 1.82) is 0 Å². The number of aryl methyl sites for hydroxylation is 1. The third kappa shape index (κ3) is 3.54. The van der Waals surface area contributed by atoms with Gasteiger partial charge in [-0.15, -0.1) is 0 Å². The molecule has 0 saturated heterocycles. The summed E-state index contributed by atoms with van der Waals surface area (Å²) in [5.41, 5.74) is 6.86. The number of nitrogens with two attached hydrogens (primary N) is 1. The highest BCUT2D eigenvalue weighted by Crippen LogP contribution is 2.28. The van der Waals surface area contributed by atoms with E-state index in [0.29, 0.717) is 11.7 Å². The molecule has 0 aliphatic rings. The summed E-state index contributed by atoms with van der Waals surface area (Å²) in [4.78, 5) is 4.20. The third-order valence-corrected chi connectivity index (χ3v) is 3.13. The molecule has 6 heteroatoms. The van der Waals surface area contributed by atoms with Crippen LogP contribution < -0.4 is 10.5 Å². The molecule has 1 aromatic carbocycles. The Labute approximate surface area is 120 Å². The third-order valence-electron chi connectivity index (χ3n) is 2.64. The average Bonchev–Trinajstić information content (AvgIpc) is 2.84. The van der Waals surface area contributed by atoms with Gasteiger partial charge in [-0.3, -0.25) is 0 Å². The number of rotatable bonds is 5. The number of aromatic nitrogens is 2. The lowest BCUT2D eigenvalue weighted by Gasteiger charge is -2.13. The highest BCUT2D eigenvalue weighted by molar-refractivity contribution is 9.10. The van der Waals surface area contributed by atoms with Gasteiger partial charge in [0, 0.05) is 22.5 Å². The first kappa shape index (κ1) is 14.0. The minimum atomic E-state index is -0.0976. The van der Waals surface area contributed by atoms with Crippen LogP contribution in [0.15, 0.2) is 27.2 Å². The van der Waals surface area contributed by atoms with Crippen LogP contribution in [0.1, 0.15) is 37.2 Å². The Morgan fingerprint density at radius 2 is 2.26 bits per heavy atom. The molecule has 0 spiro atoms. The lowest BCUT2D eigenvalue weighted by atomic mass is 10.1. The molecule has 1 unspecified atom stereocenters. The van der Waals surface area contributed by atoms with E-state index in [4.69, 9.17) is 15.0 Å². The molecular formula is C13H16BrN3O2. The molecule has 1 aromatic heterocycles. The fourth-order valence-corrected chi connectivity index (χ4v) is 1.98. The van der Waals surface area contributed by atoms with Crippen molar-refractivity contribution in [2.75, 3.05) is 0 Å². The van der Waals surface area contributed by atoms with Crippen molar-refractivity contribution in [2.45, 2.75) is 32.9 Å². The largest absolute Gasteiger partial charge is 0.485 e. The molecule has 0 amide bonds. The van der Waals surface area contributed by atoms with Gasteiger partial charge in [0.05, 0.1) is 0 Å². The van der Waals surface area contributed by atoms with Crippen LogP contribution in [0.4, 0.5) is 0 Å². The molecule has 0 aliphatic carbocycles. The summed E-state index contributed by atoms with van der Waals surface area (Å²) in [6.07, 6.45) is 0.717. The Kier molecular flexibility index (Phi) is 4.55. The molecule has 2 N–H and O–H groups in total. The lowest BCUT2D eigenvalue weighted by molar-refractivity contribution is 0.281. The summed E-state index contributed by atoms with van der Waals surface area (Å²) in [5.74, 6) is 1.87. The molecule has 0 radical (unpaired) electrons. The SMILES string of the molecule is CCc1nc(COc2cc(Br)ccc2C(C)N)no1.